The van der Waals surface area contributed by atoms with Crippen LogP contribution in [0.3, 0.4) is 0 Å². The van der Waals surface area contributed by atoms with Gasteiger partial charge in [-0.2, -0.15) is 5.10 Å². The molecule has 3 aromatic heterocycles. The lowest BCUT2D eigenvalue weighted by atomic mass is 10.1. The van der Waals surface area contributed by atoms with E-state index in [4.69, 9.17) is 10.5 Å². The number of methoxy groups -OCH3 is 1. The van der Waals surface area contributed by atoms with Gasteiger partial charge in [-0.3, -0.25) is 9.78 Å². The van der Waals surface area contributed by atoms with Gasteiger partial charge in [-0.1, -0.05) is 0 Å². The third-order valence-electron chi connectivity index (χ3n) is 4.86. The number of rotatable bonds is 4. The molecule has 4 rings (SSSR count). The number of carbonyl (C=O) groups excluding carboxylic acids is 1. The van der Waals surface area contributed by atoms with Crippen molar-refractivity contribution < 1.29 is 9.53 Å². The predicted octanol–water partition coefficient (Wildman–Crippen LogP) is 1.91. The monoisotopic (exact) mass is 384 g/mol. The van der Waals surface area contributed by atoms with Crippen LogP contribution in [-0.4, -0.2) is 47.3 Å². The summed E-state index contributed by atoms with van der Waals surface area (Å²) in [5.74, 6) is 0.547. The SMILES string of the molecule is COc1cncc(N2CC(NC(=O)c3sc4nnc(C)c(C)c4c3N)C2)c1. The van der Waals surface area contributed by atoms with Gasteiger partial charge in [-0.25, -0.2) is 0 Å². The van der Waals surface area contributed by atoms with E-state index in [1.54, 1.807) is 19.5 Å². The number of nitrogens with one attached hydrogen (secondary N) is 1. The number of fused-ring (bicyclic) bond motifs is 1. The van der Waals surface area contributed by atoms with Gasteiger partial charge < -0.3 is 20.7 Å². The highest BCUT2D eigenvalue weighted by molar-refractivity contribution is 7.21. The highest BCUT2D eigenvalue weighted by Gasteiger charge is 2.30. The number of aryl methyl sites for hydroxylation is 2. The number of hydrogen-bond donors (Lipinski definition) is 2. The minimum atomic E-state index is -0.166. The van der Waals surface area contributed by atoms with E-state index in [2.05, 4.69) is 25.4 Å². The lowest BCUT2D eigenvalue weighted by molar-refractivity contribution is 0.0935. The van der Waals surface area contributed by atoms with Crippen molar-refractivity contribution in [2.45, 2.75) is 19.9 Å². The van der Waals surface area contributed by atoms with E-state index in [1.807, 2.05) is 19.9 Å². The molecule has 3 aromatic rings. The Kier molecular flexibility index (Phi) is 4.31. The average molecular weight is 384 g/mol. The number of thiophene rings is 1. The fourth-order valence-electron chi connectivity index (χ4n) is 3.13. The molecule has 1 aliphatic rings. The van der Waals surface area contributed by atoms with Crippen molar-refractivity contribution in [1.29, 1.82) is 0 Å². The molecule has 140 valence electrons. The van der Waals surface area contributed by atoms with Crippen LogP contribution in [0.2, 0.25) is 0 Å². The maximum Gasteiger partial charge on any atom is 0.263 e. The molecule has 1 fully saturated rings. The van der Waals surface area contributed by atoms with Crippen LogP contribution >= 0.6 is 11.3 Å². The molecule has 4 heterocycles. The first-order valence-electron chi connectivity index (χ1n) is 8.54. The molecule has 1 aliphatic heterocycles. The summed E-state index contributed by atoms with van der Waals surface area (Å²) < 4.78 is 5.20. The van der Waals surface area contributed by atoms with Crippen molar-refractivity contribution in [2.24, 2.45) is 0 Å². The second kappa shape index (κ2) is 6.66. The van der Waals surface area contributed by atoms with Crippen LogP contribution in [0.5, 0.6) is 5.75 Å². The smallest absolute Gasteiger partial charge is 0.263 e. The number of nitrogen functional groups attached to an aromatic ring is 1. The minimum Gasteiger partial charge on any atom is -0.495 e. The van der Waals surface area contributed by atoms with Gasteiger partial charge in [0.25, 0.3) is 5.91 Å². The van der Waals surface area contributed by atoms with E-state index < -0.39 is 0 Å². The molecule has 0 spiro atoms. The summed E-state index contributed by atoms with van der Waals surface area (Å²) in [6.07, 6.45) is 3.45. The Morgan fingerprint density at radius 2 is 2.11 bits per heavy atom. The summed E-state index contributed by atoms with van der Waals surface area (Å²) >= 11 is 1.28. The van der Waals surface area contributed by atoms with Crippen LogP contribution in [-0.2, 0) is 0 Å². The summed E-state index contributed by atoms with van der Waals surface area (Å²) in [5, 5.41) is 12.2. The highest BCUT2D eigenvalue weighted by Crippen LogP contribution is 2.35. The largest absolute Gasteiger partial charge is 0.495 e. The Labute approximate surface area is 160 Å². The van der Waals surface area contributed by atoms with Crippen LogP contribution in [0.15, 0.2) is 18.5 Å². The van der Waals surface area contributed by atoms with Gasteiger partial charge in [0.15, 0.2) is 0 Å². The maximum absolute atomic E-state index is 12.7. The molecule has 1 amide bonds. The number of carbonyl (C=O) groups is 1. The van der Waals surface area contributed by atoms with Gasteiger partial charge in [0.05, 0.1) is 42.6 Å². The van der Waals surface area contributed by atoms with E-state index in [9.17, 15) is 4.79 Å². The quantitative estimate of drug-likeness (QED) is 0.708. The normalized spacial score (nSPS) is 14.3. The zero-order chi connectivity index (χ0) is 19.1. The Hall–Kier alpha value is -2.94. The second-order valence-corrected chi connectivity index (χ2v) is 7.59. The molecule has 0 aliphatic carbocycles. The molecule has 1 saturated heterocycles. The van der Waals surface area contributed by atoms with Gasteiger partial charge >= 0.3 is 0 Å². The lowest BCUT2D eigenvalue weighted by Gasteiger charge is -2.41. The number of anilines is 2. The fourth-order valence-corrected chi connectivity index (χ4v) is 4.14. The molecule has 0 atom stereocenters. The average Bonchev–Trinajstić information content (AvgIpc) is 2.98. The Morgan fingerprint density at radius 3 is 2.85 bits per heavy atom. The van der Waals surface area contributed by atoms with Crippen LogP contribution in [0, 0.1) is 13.8 Å². The highest BCUT2D eigenvalue weighted by atomic mass is 32.1. The van der Waals surface area contributed by atoms with Crippen molar-refractivity contribution in [3.8, 4) is 5.75 Å². The number of nitrogens with two attached hydrogens (primary N) is 1. The van der Waals surface area contributed by atoms with E-state index in [0.717, 1.165) is 22.3 Å². The van der Waals surface area contributed by atoms with Crippen molar-refractivity contribution >= 4 is 38.8 Å². The number of aromatic nitrogens is 3. The van der Waals surface area contributed by atoms with E-state index >= 15 is 0 Å². The number of ether oxygens (including phenoxy) is 1. The van der Waals surface area contributed by atoms with Gasteiger partial charge in [-0.15, -0.1) is 16.4 Å². The Bertz CT molecular complexity index is 1030. The Balaban J connectivity index is 1.46. The number of amides is 1. The number of nitrogens with zero attached hydrogens (tertiary/aromatic N) is 4. The van der Waals surface area contributed by atoms with Gasteiger partial charge in [-0.05, 0) is 19.4 Å². The van der Waals surface area contributed by atoms with Crippen LogP contribution < -0.4 is 20.7 Å². The standard InChI is InChI=1S/C18H20N6O2S/c1-9-10(2)22-23-18-14(9)15(19)16(27-18)17(25)21-11-7-24(8-11)12-4-13(26-3)6-20-5-12/h4-6,11H,7-8,19H2,1-3H3,(H,21,25). The predicted molar refractivity (Wildman–Crippen MR) is 106 cm³/mol. The first kappa shape index (κ1) is 17.5. The molecule has 0 aromatic carbocycles. The summed E-state index contributed by atoms with van der Waals surface area (Å²) in [4.78, 5) is 20.2. The summed E-state index contributed by atoms with van der Waals surface area (Å²) in [7, 11) is 1.61. The molecule has 0 saturated carbocycles. The summed E-state index contributed by atoms with van der Waals surface area (Å²) in [6, 6.07) is 1.99. The molecule has 27 heavy (non-hydrogen) atoms. The van der Waals surface area contributed by atoms with E-state index in [-0.39, 0.29) is 11.9 Å². The molecule has 0 bridgehead atoms. The molecular weight excluding hydrogens is 364 g/mol. The van der Waals surface area contributed by atoms with E-state index in [0.29, 0.717) is 34.2 Å². The van der Waals surface area contributed by atoms with Gasteiger partial charge in [0, 0.05) is 24.5 Å². The second-order valence-electron chi connectivity index (χ2n) is 6.59. The van der Waals surface area contributed by atoms with Gasteiger partial charge in [0.2, 0.25) is 0 Å². The number of hydrogen-bond acceptors (Lipinski definition) is 8. The first-order chi connectivity index (χ1) is 13.0. The van der Waals surface area contributed by atoms with Crippen molar-refractivity contribution in [3.63, 3.8) is 0 Å². The van der Waals surface area contributed by atoms with Crippen molar-refractivity contribution in [1.82, 2.24) is 20.5 Å². The number of pyridine rings is 1. The first-order valence-corrected chi connectivity index (χ1v) is 9.36. The zero-order valence-corrected chi connectivity index (χ0v) is 16.1. The van der Waals surface area contributed by atoms with Crippen molar-refractivity contribution in [3.05, 3.63) is 34.6 Å². The van der Waals surface area contributed by atoms with Crippen LogP contribution in [0.1, 0.15) is 20.9 Å². The maximum atomic E-state index is 12.7. The molecular formula is C18H20N6O2S. The van der Waals surface area contributed by atoms with E-state index in [1.165, 1.54) is 11.3 Å². The third kappa shape index (κ3) is 3.03. The van der Waals surface area contributed by atoms with Crippen LogP contribution in [0.4, 0.5) is 11.4 Å². The fraction of sp³-hybridized carbons (Fsp3) is 0.333. The lowest BCUT2D eigenvalue weighted by Crippen LogP contribution is -2.59. The molecule has 8 nitrogen and oxygen atoms in total. The summed E-state index contributed by atoms with van der Waals surface area (Å²) in [5.41, 5.74) is 9.49. The minimum absolute atomic E-state index is 0.0576. The molecule has 3 N–H and O–H groups in total. The zero-order valence-electron chi connectivity index (χ0n) is 15.3. The summed E-state index contributed by atoms with van der Waals surface area (Å²) in [6.45, 7) is 5.25. The molecule has 0 radical (unpaired) electrons. The van der Waals surface area contributed by atoms with Gasteiger partial charge in [0.1, 0.15) is 15.5 Å². The topological polar surface area (TPSA) is 106 Å². The Morgan fingerprint density at radius 1 is 1.33 bits per heavy atom. The van der Waals surface area contributed by atoms with Crippen molar-refractivity contribution in [2.75, 3.05) is 30.8 Å². The van der Waals surface area contributed by atoms with Crippen LogP contribution in [0.25, 0.3) is 10.2 Å². The molecule has 0 unspecified atom stereocenters. The third-order valence-corrected chi connectivity index (χ3v) is 5.95. The molecule has 9 heteroatoms.